The summed E-state index contributed by atoms with van der Waals surface area (Å²) >= 11 is 1.48. The van der Waals surface area contributed by atoms with Crippen molar-refractivity contribution in [1.82, 2.24) is 0 Å². The molecule has 4 rings (SSSR count). The average molecular weight is 364 g/mol. The average Bonchev–Trinajstić information content (AvgIpc) is 2.66. The largest absolute Gasteiger partial charge is 0.484 e. The third-order valence-corrected chi connectivity index (χ3v) is 5.06. The third kappa shape index (κ3) is 3.65. The van der Waals surface area contributed by atoms with Crippen molar-refractivity contribution >= 4 is 45.7 Å². The Labute approximate surface area is 154 Å². The Morgan fingerprint density at radius 1 is 1.08 bits per heavy atom. The molecular weight excluding hydrogens is 348 g/mol. The van der Waals surface area contributed by atoms with Gasteiger partial charge in [-0.15, -0.1) is 11.8 Å². The number of thioether (sulfide) groups is 1. The van der Waals surface area contributed by atoms with Gasteiger partial charge in [-0.2, -0.15) is 0 Å². The summed E-state index contributed by atoms with van der Waals surface area (Å²) in [5.74, 6) is 0.768. The van der Waals surface area contributed by atoms with Crippen LogP contribution in [0.5, 0.6) is 5.75 Å². The lowest BCUT2D eigenvalue weighted by molar-refractivity contribution is -0.118. The summed E-state index contributed by atoms with van der Waals surface area (Å²) in [5.41, 5.74) is 1.35. The molecule has 0 unspecified atom stereocenters. The van der Waals surface area contributed by atoms with Gasteiger partial charge >= 0.3 is 0 Å². The molecule has 0 bridgehead atoms. The number of benzene rings is 3. The van der Waals surface area contributed by atoms with Gasteiger partial charge in [-0.3, -0.25) is 9.59 Å². The highest BCUT2D eigenvalue weighted by atomic mass is 32.2. The number of fused-ring (bicyclic) bond motifs is 2. The van der Waals surface area contributed by atoms with Crippen LogP contribution in [-0.4, -0.2) is 24.2 Å². The van der Waals surface area contributed by atoms with Crippen LogP contribution >= 0.6 is 11.8 Å². The molecule has 2 amide bonds. The molecule has 0 aliphatic carbocycles. The number of rotatable bonds is 4. The van der Waals surface area contributed by atoms with Crippen molar-refractivity contribution in [2.45, 2.75) is 4.90 Å². The van der Waals surface area contributed by atoms with Gasteiger partial charge in [-0.25, -0.2) is 0 Å². The maximum Gasteiger partial charge on any atom is 0.262 e. The van der Waals surface area contributed by atoms with Crippen LogP contribution < -0.4 is 15.4 Å². The molecular formula is C20H16N2O3S. The molecule has 0 saturated heterocycles. The Balaban J connectivity index is 1.39. The molecule has 26 heavy (non-hydrogen) atoms. The lowest BCUT2D eigenvalue weighted by Crippen LogP contribution is -2.21. The topological polar surface area (TPSA) is 67.4 Å². The molecule has 0 aromatic heterocycles. The summed E-state index contributed by atoms with van der Waals surface area (Å²) in [6, 6.07) is 19.2. The normalized spacial score (nSPS) is 13.0. The Morgan fingerprint density at radius 3 is 2.81 bits per heavy atom. The fraction of sp³-hybridized carbons (Fsp3) is 0.100. The first kappa shape index (κ1) is 16.5. The van der Waals surface area contributed by atoms with E-state index in [1.54, 1.807) is 6.07 Å². The van der Waals surface area contributed by atoms with E-state index in [1.165, 1.54) is 11.8 Å². The zero-order chi connectivity index (χ0) is 17.9. The Morgan fingerprint density at radius 2 is 1.92 bits per heavy atom. The van der Waals surface area contributed by atoms with Crippen molar-refractivity contribution < 1.29 is 14.3 Å². The van der Waals surface area contributed by atoms with E-state index in [0.717, 1.165) is 21.4 Å². The van der Waals surface area contributed by atoms with Gasteiger partial charge in [-0.1, -0.05) is 30.3 Å². The van der Waals surface area contributed by atoms with E-state index in [-0.39, 0.29) is 18.4 Å². The second-order valence-corrected chi connectivity index (χ2v) is 6.91. The molecule has 2 N–H and O–H groups in total. The molecule has 0 atom stereocenters. The zero-order valence-electron chi connectivity index (χ0n) is 13.8. The van der Waals surface area contributed by atoms with Crippen LogP contribution in [0.3, 0.4) is 0 Å². The summed E-state index contributed by atoms with van der Waals surface area (Å²) in [4.78, 5) is 24.6. The van der Waals surface area contributed by atoms with Gasteiger partial charge in [0.2, 0.25) is 5.91 Å². The zero-order valence-corrected chi connectivity index (χ0v) is 14.6. The minimum absolute atomic E-state index is 0.0365. The van der Waals surface area contributed by atoms with Crippen molar-refractivity contribution in [3.05, 3.63) is 60.7 Å². The molecule has 0 saturated carbocycles. The SMILES string of the molecule is O=C(COc1ccc2ccccc2c1)Nc1ccc2c(c1)NC(=O)CS2. The first-order valence-corrected chi connectivity index (χ1v) is 9.14. The molecule has 1 heterocycles. The molecule has 1 aliphatic heterocycles. The summed E-state index contributed by atoms with van der Waals surface area (Å²) in [7, 11) is 0. The second kappa shape index (κ2) is 7.09. The Bertz CT molecular complexity index is 1000. The van der Waals surface area contributed by atoms with Crippen molar-refractivity contribution in [3.63, 3.8) is 0 Å². The molecule has 6 heteroatoms. The summed E-state index contributed by atoms with van der Waals surface area (Å²) in [6.45, 7) is -0.0868. The molecule has 0 radical (unpaired) electrons. The molecule has 130 valence electrons. The Kier molecular flexibility index (Phi) is 4.50. The maximum atomic E-state index is 12.2. The standard InChI is InChI=1S/C20H16N2O3S/c23-19(11-25-16-7-5-13-3-1-2-4-14(13)9-16)21-15-6-8-18-17(10-15)22-20(24)12-26-18/h1-10H,11-12H2,(H,21,23)(H,22,24). The van der Waals surface area contributed by atoms with Crippen molar-refractivity contribution in [2.24, 2.45) is 0 Å². The van der Waals surface area contributed by atoms with E-state index in [0.29, 0.717) is 17.2 Å². The smallest absolute Gasteiger partial charge is 0.262 e. The van der Waals surface area contributed by atoms with Gasteiger partial charge in [0.05, 0.1) is 11.4 Å². The van der Waals surface area contributed by atoms with E-state index in [2.05, 4.69) is 10.6 Å². The predicted molar refractivity (Wildman–Crippen MR) is 104 cm³/mol. The number of carbonyl (C=O) groups excluding carboxylic acids is 2. The lowest BCUT2D eigenvalue weighted by atomic mass is 10.1. The summed E-state index contributed by atoms with van der Waals surface area (Å²) in [6.07, 6.45) is 0. The lowest BCUT2D eigenvalue weighted by Gasteiger charge is -2.17. The summed E-state index contributed by atoms with van der Waals surface area (Å²) in [5, 5.41) is 7.78. The molecule has 3 aromatic rings. The van der Waals surface area contributed by atoms with E-state index in [9.17, 15) is 9.59 Å². The number of amides is 2. The predicted octanol–water partition coefficient (Wildman–Crippen LogP) is 3.90. The molecule has 3 aromatic carbocycles. The van der Waals surface area contributed by atoms with E-state index < -0.39 is 0 Å². The molecule has 0 fully saturated rings. The fourth-order valence-corrected chi connectivity index (χ4v) is 3.55. The van der Waals surface area contributed by atoms with Gasteiger partial charge in [0.1, 0.15) is 5.75 Å². The van der Waals surface area contributed by atoms with Crippen molar-refractivity contribution in [2.75, 3.05) is 23.0 Å². The second-order valence-electron chi connectivity index (χ2n) is 5.89. The Hall–Kier alpha value is -2.99. The minimum atomic E-state index is -0.257. The van der Waals surface area contributed by atoms with Crippen molar-refractivity contribution in [3.8, 4) is 5.75 Å². The van der Waals surface area contributed by atoms with Crippen molar-refractivity contribution in [1.29, 1.82) is 0 Å². The highest BCUT2D eigenvalue weighted by molar-refractivity contribution is 8.00. The number of hydrogen-bond donors (Lipinski definition) is 2. The fourth-order valence-electron chi connectivity index (χ4n) is 2.76. The first-order valence-electron chi connectivity index (χ1n) is 8.15. The van der Waals surface area contributed by atoms with Crippen LogP contribution in [0.15, 0.2) is 65.6 Å². The van der Waals surface area contributed by atoms with Crippen LogP contribution in [-0.2, 0) is 9.59 Å². The first-order chi connectivity index (χ1) is 12.7. The van der Waals surface area contributed by atoms with Crippen LogP contribution in [0.25, 0.3) is 10.8 Å². The number of nitrogens with one attached hydrogen (secondary N) is 2. The van der Waals surface area contributed by atoms with Crippen LogP contribution in [0, 0.1) is 0 Å². The minimum Gasteiger partial charge on any atom is -0.484 e. The number of ether oxygens (including phenoxy) is 1. The highest BCUT2D eigenvalue weighted by Crippen LogP contribution is 2.33. The van der Waals surface area contributed by atoms with E-state index >= 15 is 0 Å². The highest BCUT2D eigenvalue weighted by Gasteiger charge is 2.16. The molecule has 1 aliphatic rings. The van der Waals surface area contributed by atoms with Gasteiger partial charge < -0.3 is 15.4 Å². The molecule has 5 nitrogen and oxygen atoms in total. The monoisotopic (exact) mass is 364 g/mol. The maximum absolute atomic E-state index is 12.2. The number of anilines is 2. The van der Waals surface area contributed by atoms with E-state index in [1.807, 2.05) is 54.6 Å². The van der Waals surface area contributed by atoms with E-state index in [4.69, 9.17) is 4.74 Å². The summed E-state index contributed by atoms with van der Waals surface area (Å²) < 4.78 is 5.59. The number of hydrogen-bond acceptors (Lipinski definition) is 4. The van der Waals surface area contributed by atoms with Gasteiger partial charge in [-0.05, 0) is 41.1 Å². The quantitative estimate of drug-likeness (QED) is 0.737. The third-order valence-electron chi connectivity index (χ3n) is 3.99. The van der Waals surface area contributed by atoms with Crippen LogP contribution in [0.2, 0.25) is 0 Å². The van der Waals surface area contributed by atoms with Gasteiger partial charge in [0, 0.05) is 10.6 Å². The number of carbonyl (C=O) groups is 2. The molecule has 0 spiro atoms. The van der Waals surface area contributed by atoms with Gasteiger partial charge in [0.25, 0.3) is 5.91 Å². The van der Waals surface area contributed by atoms with Crippen LogP contribution in [0.1, 0.15) is 0 Å². The van der Waals surface area contributed by atoms with Gasteiger partial charge in [0.15, 0.2) is 6.61 Å². The van der Waals surface area contributed by atoms with Crippen LogP contribution in [0.4, 0.5) is 11.4 Å².